The zero-order valence-corrected chi connectivity index (χ0v) is 26.7. The molecule has 46 heavy (non-hydrogen) atoms. The van der Waals surface area contributed by atoms with Gasteiger partial charge in [0.2, 0.25) is 5.91 Å². The number of nitrogens with zero attached hydrogens (tertiary/aromatic N) is 2. The molecular formula is C32H37F3N4O6S. The number of aryl methyl sites for hydroxylation is 1. The van der Waals surface area contributed by atoms with Gasteiger partial charge in [-0.25, -0.2) is 13.2 Å². The summed E-state index contributed by atoms with van der Waals surface area (Å²) in [5.74, 6) is -0.325. The standard InChI is InChI=1S/C32H37F3N4O6S/c1-20-5-12-27(13-6-20)46(43,44)37-26-11-14-28-23(15-26)16-30(41)39(22(3)19-40)17-21(2)29(45-28)18-38(4)31(42)36-25-9-7-24(8-10-25)32(33,34)35/h5-15,21-22,29,37,40H,16-19H2,1-4H3,(H,36,42)/t21-,22-,29-/m0/s1. The van der Waals surface area contributed by atoms with Gasteiger partial charge in [0.05, 0.1) is 36.1 Å². The van der Waals surface area contributed by atoms with Crippen molar-refractivity contribution in [2.75, 3.05) is 36.8 Å². The van der Waals surface area contributed by atoms with Crippen LogP contribution in [0.3, 0.4) is 0 Å². The molecule has 0 unspecified atom stereocenters. The average Bonchev–Trinajstić information content (AvgIpc) is 3.04. The molecule has 0 radical (unpaired) electrons. The number of amides is 3. The monoisotopic (exact) mass is 662 g/mol. The molecule has 3 aromatic rings. The number of sulfonamides is 1. The Kier molecular flexibility index (Phi) is 10.5. The third-order valence-electron chi connectivity index (χ3n) is 7.76. The summed E-state index contributed by atoms with van der Waals surface area (Å²) in [6, 6.07) is 13.9. The SMILES string of the molecule is Cc1ccc(S(=O)(=O)Nc2ccc3c(c2)CC(=O)N([C@@H](C)CO)C[C@H](C)[C@H](CN(C)C(=O)Nc2ccc(C(F)(F)F)cc2)O3)cc1. The fraction of sp³-hybridized carbons (Fsp3) is 0.375. The lowest BCUT2D eigenvalue weighted by molar-refractivity contribution is -0.137. The quantitative estimate of drug-likeness (QED) is 0.307. The van der Waals surface area contributed by atoms with E-state index in [9.17, 15) is 36.3 Å². The van der Waals surface area contributed by atoms with Crippen molar-refractivity contribution in [3.8, 4) is 5.75 Å². The molecule has 248 valence electrons. The molecule has 0 aromatic heterocycles. The van der Waals surface area contributed by atoms with Crippen LogP contribution in [0.1, 0.15) is 30.5 Å². The topological polar surface area (TPSA) is 128 Å². The highest BCUT2D eigenvalue weighted by Crippen LogP contribution is 2.31. The number of likely N-dealkylation sites (N-methyl/N-ethyl adjacent to an activating group) is 1. The van der Waals surface area contributed by atoms with Crippen LogP contribution in [0.4, 0.5) is 29.3 Å². The number of fused-ring (bicyclic) bond motifs is 1. The van der Waals surface area contributed by atoms with E-state index in [1.54, 1.807) is 25.1 Å². The summed E-state index contributed by atoms with van der Waals surface area (Å²) in [6.07, 6.45) is -5.31. The number of anilines is 2. The van der Waals surface area contributed by atoms with Crippen molar-refractivity contribution < 1.29 is 41.0 Å². The minimum absolute atomic E-state index is 0.0322. The van der Waals surface area contributed by atoms with E-state index < -0.39 is 39.9 Å². The van der Waals surface area contributed by atoms with E-state index in [1.807, 2.05) is 13.8 Å². The Bertz CT molecular complexity index is 1650. The normalized spacial score (nSPS) is 17.9. The van der Waals surface area contributed by atoms with Crippen molar-refractivity contribution in [1.82, 2.24) is 9.80 Å². The van der Waals surface area contributed by atoms with Gasteiger partial charge in [0.25, 0.3) is 10.0 Å². The Hall–Kier alpha value is -4.30. The van der Waals surface area contributed by atoms with Gasteiger partial charge >= 0.3 is 12.2 Å². The van der Waals surface area contributed by atoms with Gasteiger partial charge in [0, 0.05) is 36.4 Å². The molecule has 14 heteroatoms. The molecule has 10 nitrogen and oxygen atoms in total. The molecule has 0 bridgehead atoms. The zero-order chi connectivity index (χ0) is 33.8. The average molecular weight is 663 g/mol. The highest BCUT2D eigenvalue weighted by Gasteiger charge is 2.33. The number of aliphatic hydroxyl groups is 1. The van der Waals surface area contributed by atoms with Crippen LogP contribution in [0.15, 0.2) is 71.6 Å². The maximum absolute atomic E-state index is 13.5. The summed E-state index contributed by atoms with van der Waals surface area (Å²) >= 11 is 0. The lowest BCUT2D eigenvalue weighted by Gasteiger charge is -2.34. The molecule has 3 atom stereocenters. The van der Waals surface area contributed by atoms with Gasteiger partial charge < -0.3 is 25.0 Å². The number of hydrogen-bond acceptors (Lipinski definition) is 6. The molecule has 1 heterocycles. The summed E-state index contributed by atoms with van der Waals surface area (Å²) in [6.45, 7) is 5.32. The maximum Gasteiger partial charge on any atom is 0.416 e. The van der Waals surface area contributed by atoms with Crippen LogP contribution in [0, 0.1) is 12.8 Å². The van der Waals surface area contributed by atoms with E-state index in [0.717, 1.165) is 29.8 Å². The van der Waals surface area contributed by atoms with E-state index in [2.05, 4.69) is 10.0 Å². The van der Waals surface area contributed by atoms with Crippen LogP contribution < -0.4 is 14.8 Å². The first-order valence-electron chi connectivity index (χ1n) is 14.6. The van der Waals surface area contributed by atoms with Crippen molar-refractivity contribution in [2.45, 2.75) is 50.4 Å². The van der Waals surface area contributed by atoms with Gasteiger partial charge in [0.15, 0.2) is 0 Å². The van der Waals surface area contributed by atoms with E-state index in [0.29, 0.717) is 11.3 Å². The van der Waals surface area contributed by atoms with E-state index in [1.165, 1.54) is 41.1 Å². The molecule has 3 amide bonds. The third kappa shape index (κ3) is 8.49. The molecular weight excluding hydrogens is 625 g/mol. The van der Waals surface area contributed by atoms with Crippen molar-refractivity contribution in [3.05, 3.63) is 83.4 Å². The number of hydrogen-bond donors (Lipinski definition) is 3. The van der Waals surface area contributed by atoms with Gasteiger partial charge in [-0.3, -0.25) is 9.52 Å². The number of nitrogens with one attached hydrogen (secondary N) is 2. The van der Waals surface area contributed by atoms with Crippen molar-refractivity contribution in [1.29, 1.82) is 0 Å². The number of aliphatic hydroxyl groups excluding tert-OH is 1. The lowest BCUT2D eigenvalue weighted by Crippen LogP contribution is -2.48. The molecule has 1 aliphatic rings. The second kappa shape index (κ2) is 14.0. The Morgan fingerprint density at radius 3 is 2.33 bits per heavy atom. The van der Waals surface area contributed by atoms with Crippen LogP contribution in [0.5, 0.6) is 5.75 Å². The number of halogens is 3. The van der Waals surface area contributed by atoms with Crippen molar-refractivity contribution in [3.63, 3.8) is 0 Å². The van der Waals surface area contributed by atoms with Crippen LogP contribution in [0.2, 0.25) is 0 Å². The number of carbonyl (C=O) groups excluding carboxylic acids is 2. The second-order valence-electron chi connectivity index (χ2n) is 11.5. The Morgan fingerprint density at radius 2 is 1.72 bits per heavy atom. The van der Waals surface area contributed by atoms with Gasteiger partial charge in [-0.1, -0.05) is 24.6 Å². The molecule has 0 saturated carbocycles. The molecule has 0 aliphatic carbocycles. The number of ether oxygens (including phenoxy) is 1. The molecule has 4 rings (SSSR count). The molecule has 3 aromatic carbocycles. The summed E-state index contributed by atoms with van der Waals surface area (Å²) in [7, 11) is -2.42. The predicted octanol–water partition coefficient (Wildman–Crippen LogP) is 5.13. The summed E-state index contributed by atoms with van der Waals surface area (Å²) in [4.78, 5) is 29.4. The molecule has 3 N–H and O–H groups in total. The van der Waals surface area contributed by atoms with Gasteiger partial charge in [-0.15, -0.1) is 0 Å². The van der Waals surface area contributed by atoms with E-state index in [-0.39, 0.29) is 54.2 Å². The third-order valence-corrected chi connectivity index (χ3v) is 9.16. The lowest BCUT2D eigenvalue weighted by atomic mass is 10.0. The highest BCUT2D eigenvalue weighted by molar-refractivity contribution is 7.92. The van der Waals surface area contributed by atoms with Crippen LogP contribution in [0.25, 0.3) is 0 Å². The van der Waals surface area contributed by atoms with E-state index in [4.69, 9.17) is 4.74 Å². The van der Waals surface area contributed by atoms with Crippen LogP contribution >= 0.6 is 0 Å². The minimum Gasteiger partial charge on any atom is -0.488 e. The molecule has 0 spiro atoms. The van der Waals surface area contributed by atoms with Gasteiger partial charge in [0.1, 0.15) is 11.9 Å². The van der Waals surface area contributed by atoms with Crippen LogP contribution in [-0.4, -0.2) is 74.2 Å². The molecule has 0 saturated heterocycles. The molecule has 1 aliphatic heterocycles. The summed E-state index contributed by atoms with van der Waals surface area (Å²) in [5.41, 5.74) is 0.856. The number of carbonyl (C=O) groups is 2. The van der Waals surface area contributed by atoms with Crippen molar-refractivity contribution in [2.24, 2.45) is 5.92 Å². The van der Waals surface area contributed by atoms with Crippen molar-refractivity contribution >= 4 is 33.3 Å². The molecule has 0 fully saturated rings. The fourth-order valence-corrected chi connectivity index (χ4v) is 6.01. The Morgan fingerprint density at radius 1 is 1.09 bits per heavy atom. The Balaban J connectivity index is 1.58. The first-order chi connectivity index (χ1) is 21.6. The largest absolute Gasteiger partial charge is 0.488 e. The predicted molar refractivity (Wildman–Crippen MR) is 167 cm³/mol. The number of rotatable bonds is 8. The smallest absolute Gasteiger partial charge is 0.416 e. The second-order valence-corrected chi connectivity index (χ2v) is 13.2. The highest BCUT2D eigenvalue weighted by atomic mass is 32.2. The van der Waals surface area contributed by atoms with Gasteiger partial charge in [-0.2, -0.15) is 13.2 Å². The summed E-state index contributed by atoms with van der Waals surface area (Å²) in [5, 5.41) is 12.5. The van der Waals surface area contributed by atoms with Crippen LogP contribution in [-0.2, 0) is 27.4 Å². The number of benzene rings is 3. The zero-order valence-electron chi connectivity index (χ0n) is 25.8. The number of alkyl halides is 3. The van der Waals surface area contributed by atoms with E-state index >= 15 is 0 Å². The van der Waals surface area contributed by atoms with Gasteiger partial charge in [-0.05, 0) is 68.4 Å². The summed E-state index contributed by atoms with van der Waals surface area (Å²) < 4.78 is 73.8. The first kappa shape index (κ1) is 34.6. The minimum atomic E-state index is -4.50. The first-order valence-corrected chi connectivity index (χ1v) is 16.0. The maximum atomic E-state index is 13.5. The Labute approximate surface area is 266 Å². The number of urea groups is 1. The fourth-order valence-electron chi connectivity index (χ4n) is 4.96.